The van der Waals surface area contributed by atoms with E-state index in [-0.39, 0.29) is 6.61 Å². The van der Waals surface area contributed by atoms with Gasteiger partial charge in [0, 0.05) is 0 Å². The van der Waals surface area contributed by atoms with Crippen molar-refractivity contribution in [1.29, 1.82) is 0 Å². The summed E-state index contributed by atoms with van der Waals surface area (Å²) < 4.78 is 0. The summed E-state index contributed by atoms with van der Waals surface area (Å²) >= 11 is 0. The van der Waals surface area contributed by atoms with E-state index in [0.717, 1.165) is 17.6 Å². The topological polar surface area (TPSA) is 20.2 Å². The molecule has 1 aliphatic rings. The molecule has 0 aromatic carbocycles. The highest BCUT2D eigenvalue weighted by Gasteiger charge is 2.04. The lowest BCUT2D eigenvalue weighted by Crippen LogP contribution is -1.97. The van der Waals surface area contributed by atoms with Gasteiger partial charge in [-0.25, -0.2) is 0 Å². The van der Waals surface area contributed by atoms with Gasteiger partial charge in [0.2, 0.25) is 0 Å². The molecule has 0 saturated carbocycles. The number of hydrogen-bond donors (Lipinski definition) is 1. The number of aliphatic hydroxyl groups is 1. The third kappa shape index (κ3) is 1.36. The van der Waals surface area contributed by atoms with Crippen molar-refractivity contribution in [3.05, 3.63) is 35.5 Å². The summed E-state index contributed by atoms with van der Waals surface area (Å²) in [6.07, 6.45) is 4.79. The monoisotopic (exact) mass is 136 g/mol. The molecule has 0 heterocycles. The molecule has 0 aromatic rings. The van der Waals surface area contributed by atoms with Crippen LogP contribution in [0.25, 0.3) is 0 Å². The Morgan fingerprint density at radius 2 is 2.30 bits per heavy atom. The summed E-state index contributed by atoms with van der Waals surface area (Å²) in [6, 6.07) is 0. The molecule has 0 aromatic heterocycles. The van der Waals surface area contributed by atoms with Crippen molar-refractivity contribution in [2.45, 2.75) is 13.3 Å². The van der Waals surface area contributed by atoms with Crippen molar-refractivity contribution in [3.8, 4) is 0 Å². The van der Waals surface area contributed by atoms with Crippen LogP contribution in [0.15, 0.2) is 35.5 Å². The maximum Gasteiger partial charge on any atom is 0.0648 e. The van der Waals surface area contributed by atoms with E-state index in [1.165, 1.54) is 5.57 Å². The van der Waals surface area contributed by atoms with Gasteiger partial charge in [-0.3, -0.25) is 0 Å². The third-order valence-corrected chi connectivity index (χ3v) is 1.77. The molecular weight excluding hydrogens is 124 g/mol. The van der Waals surface area contributed by atoms with Crippen molar-refractivity contribution in [2.75, 3.05) is 6.61 Å². The highest BCUT2D eigenvalue weighted by Crippen LogP contribution is 2.21. The first kappa shape index (κ1) is 7.29. The lowest BCUT2D eigenvalue weighted by Gasteiger charge is -2.11. The van der Waals surface area contributed by atoms with E-state index < -0.39 is 0 Å². The Morgan fingerprint density at radius 3 is 2.80 bits per heavy atom. The summed E-state index contributed by atoms with van der Waals surface area (Å²) in [5.41, 5.74) is 3.39. The second-order valence-corrected chi connectivity index (χ2v) is 2.61. The molecule has 0 aliphatic heterocycles. The smallest absolute Gasteiger partial charge is 0.0648 e. The van der Waals surface area contributed by atoms with Crippen LogP contribution in [0.2, 0.25) is 0 Å². The lowest BCUT2D eigenvalue weighted by atomic mass is 9.96. The minimum absolute atomic E-state index is 0.156. The number of hydrogen-bond acceptors (Lipinski definition) is 1. The van der Waals surface area contributed by atoms with E-state index in [9.17, 15) is 0 Å². The first-order valence-electron chi connectivity index (χ1n) is 3.39. The molecule has 1 rings (SSSR count). The summed E-state index contributed by atoms with van der Waals surface area (Å²) in [5.74, 6) is 0. The van der Waals surface area contributed by atoms with E-state index in [1.54, 1.807) is 0 Å². The molecule has 0 bridgehead atoms. The fourth-order valence-corrected chi connectivity index (χ4v) is 0.942. The second-order valence-electron chi connectivity index (χ2n) is 2.61. The fraction of sp³-hybridized carbons (Fsp3) is 0.333. The molecule has 0 spiro atoms. The van der Waals surface area contributed by atoms with E-state index in [2.05, 4.69) is 6.58 Å². The van der Waals surface area contributed by atoms with Crippen molar-refractivity contribution >= 4 is 0 Å². The Bertz CT molecular complexity index is 209. The molecule has 54 valence electrons. The van der Waals surface area contributed by atoms with Crippen LogP contribution >= 0.6 is 0 Å². The predicted molar refractivity (Wildman–Crippen MR) is 42.7 cm³/mol. The van der Waals surface area contributed by atoms with Crippen LogP contribution in [0.4, 0.5) is 0 Å². The average molecular weight is 136 g/mol. The molecule has 0 unspecified atom stereocenters. The molecule has 1 heteroatoms. The zero-order valence-corrected chi connectivity index (χ0v) is 6.22. The fourth-order valence-electron chi connectivity index (χ4n) is 0.942. The Kier molecular flexibility index (Phi) is 2.07. The van der Waals surface area contributed by atoms with E-state index >= 15 is 0 Å². The first-order valence-corrected chi connectivity index (χ1v) is 3.39. The zero-order chi connectivity index (χ0) is 7.56. The van der Waals surface area contributed by atoms with E-state index in [0.29, 0.717) is 0 Å². The maximum absolute atomic E-state index is 8.76. The van der Waals surface area contributed by atoms with Gasteiger partial charge in [-0.2, -0.15) is 0 Å². The predicted octanol–water partition coefficient (Wildman–Crippen LogP) is 1.81. The molecule has 0 fully saturated rings. The SMILES string of the molecule is C=C1CC(CO)=CC=C1C. The summed E-state index contributed by atoms with van der Waals surface area (Å²) in [4.78, 5) is 0. The first-order chi connectivity index (χ1) is 4.74. The van der Waals surface area contributed by atoms with Crippen molar-refractivity contribution < 1.29 is 5.11 Å². The van der Waals surface area contributed by atoms with E-state index in [1.807, 2.05) is 19.1 Å². The van der Waals surface area contributed by atoms with Gasteiger partial charge in [-0.15, -0.1) is 0 Å². The van der Waals surface area contributed by atoms with Crippen molar-refractivity contribution in [2.24, 2.45) is 0 Å². The Labute approximate surface area is 61.4 Å². The van der Waals surface area contributed by atoms with Gasteiger partial charge >= 0.3 is 0 Å². The Hall–Kier alpha value is -0.820. The van der Waals surface area contributed by atoms with Gasteiger partial charge in [0.25, 0.3) is 0 Å². The quantitative estimate of drug-likeness (QED) is 0.583. The standard InChI is InChI=1S/C9H12O/c1-7-3-4-9(6-10)5-8(7)2/h3-4,10H,2,5-6H2,1H3. The highest BCUT2D eigenvalue weighted by atomic mass is 16.3. The van der Waals surface area contributed by atoms with Crippen LogP contribution in [0.1, 0.15) is 13.3 Å². The minimum Gasteiger partial charge on any atom is -0.392 e. The van der Waals surface area contributed by atoms with Crippen LogP contribution in [-0.4, -0.2) is 11.7 Å². The number of rotatable bonds is 1. The van der Waals surface area contributed by atoms with Crippen LogP contribution < -0.4 is 0 Å². The average Bonchev–Trinajstić information content (AvgIpc) is 1.95. The molecule has 0 saturated heterocycles. The zero-order valence-electron chi connectivity index (χ0n) is 6.22. The molecule has 0 atom stereocenters. The summed E-state index contributed by atoms with van der Waals surface area (Å²) in [7, 11) is 0. The molecule has 1 nitrogen and oxygen atoms in total. The minimum atomic E-state index is 0.156. The largest absolute Gasteiger partial charge is 0.392 e. The maximum atomic E-state index is 8.76. The van der Waals surface area contributed by atoms with Crippen LogP contribution in [0, 0.1) is 0 Å². The van der Waals surface area contributed by atoms with E-state index in [4.69, 9.17) is 5.11 Å². The molecule has 1 N–H and O–H groups in total. The van der Waals surface area contributed by atoms with Crippen molar-refractivity contribution in [3.63, 3.8) is 0 Å². The highest BCUT2D eigenvalue weighted by molar-refractivity contribution is 5.39. The van der Waals surface area contributed by atoms with Crippen LogP contribution in [-0.2, 0) is 0 Å². The number of allylic oxidation sites excluding steroid dienone is 4. The van der Waals surface area contributed by atoms with Gasteiger partial charge in [-0.1, -0.05) is 18.7 Å². The molecule has 10 heavy (non-hydrogen) atoms. The number of aliphatic hydroxyl groups excluding tert-OH is 1. The summed E-state index contributed by atoms with van der Waals surface area (Å²) in [5, 5.41) is 8.76. The lowest BCUT2D eigenvalue weighted by molar-refractivity contribution is 0.328. The van der Waals surface area contributed by atoms with Gasteiger partial charge in [0.05, 0.1) is 6.61 Å². The Morgan fingerprint density at radius 1 is 1.60 bits per heavy atom. The van der Waals surface area contributed by atoms with Crippen molar-refractivity contribution in [1.82, 2.24) is 0 Å². The molecule has 0 amide bonds. The van der Waals surface area contributed by atoms with Gasteiger partial charge in [0.15, 0.2) is 0 Å². The summed E-state index contributed by atoms with van der Waals surface area (Å²) in [6.45, 7) is 6.06. The van der Waals surface area contributed by atoms with Gasteiger partial charge in [-0.05, 0) is 30.1 Å². The normalized spacial score (nSPS) is 18.4. The van der Waals surface area contributed by atoms with Gasteiger partial charge < -0.3 is 5.11 Å². The van der Waals surface area contributed by atoms with Crippen LogP contribution in [0.5, 0.6) is 0 Å². The molecular formula is C9H12O. The second kappa shape index (κ2) is 2.84. The van der Waals surface area contributed by atoms with Crippen LogP contribution in [0.3, 0.4) is 0 Å². The Balaban J connectivity index is 2.78. The molecule has 0 radical (unpaired) electrons. The molecule has 1 aliphatic carbocycles. The third-order valence-electron chi connectivity index (χ3n) is 1.77. The van der Waals surface area contributed by atoms with Gasteiger partial charge in [0.1, 0.15) is 0 Å².